The van der Waals surface area contributed by atoms with Gasteiger partial charge in [-0.05, 0) is 36.8 Å². The van der Waals surface area contributed by atoms with E-state index in [1.807, 2.05) is 37.3 Å². The van der Waals surface area contributed by atoms with Crippen LogP contribution in [0.15, 0.2) is 47.1 Å². The summed E-state index contributed by atoms with van der Waals surface area (Å²) < 4.78 is 17.8. The molecule has 1 aromatic carbocycles. The fourth-order valence-electron chi connectivity index (χ4n) is 2.87. The molecule has 8 nitrogen and oxygen atoms in total. The van der Waals surface area contributed by atoms with Gasteiger partial charge in [0.05, 0.1) is 6.26 Å². The molecule has 0 unspecified atom stereocenters. The number of aromatic nitrogens is 4. The van der Waals surface area contributed by atoms with Crippen molar-refractivity contribution in [3.63, 3.8) is 0 Å². The molecule has 0 radical (unpaired) electrons. The van der Waals surface area contributed by atoms with Gasteiger partial charge in [-0.3, -0.25) is 0 Å². The Labute approximate surface area is 148 Å². The number of nitrogens with one attached hydrogen (secondary N) is 1. The zero-order valence-corrected chi connectivity index (χ0v) is 14.0. The lowest BCUT2D eigenvalue weighted by Gasteiger charge is -2.09. The van der Waals surface area contributed by atoms with Gasteiger partial charge < -0.3 is 19.2 Å². The third-order valence-corrected chi connectivity index (χ3v) is 4.09. The minimum Gasteiger partial charge on any atom is -0.461 e. The van der Waals surface area contributed by atoms with E-state index in [4.69, 9.17) is 13.9 Å². The monoisotopic (exact) mass is 349 g/mol. The third-order valence-electron chi connectivity index (χ3n) is 4.09. The lowest BCUT2D eigenvalue weighted by Crippen LogP contribution is -2.07. The summed E-state index contributed by atoms with van der Waals surface area (Å²) in [6, 6.07) is 11.4. The molecule has 26 heavy (non-hydrogen) atoms. The Kier molecular flexibility index (Phi) is 3.27. The van der Waals surface area contributed by atoms with Crippen molar-refractivity contribution in [1.29, 1.82) is 0 Å². The van der Waals surface area contributed by atoms with Crippen LogP contribution in [0.4, 0.5) is 5.82 Å². The number of nitrogens with zero attached hydrogens (tertiary/aromatic N) is 4. The van der Waals surface area contributed by atoms with Crippen molar-refractivity contribution in [1.82, 2.24) is 19.6 Å². The molecule has 130 valence electrons. The summed E-state index contributed by atoms with van der Waals surface area (Å²) in [5, 5.41) is 7.90. The maximum absolute atomic E-state index is 5.43. The molecule has 0 saturated heterocycles. The van der Waals surface area contributed by atoms with Crippen molar-refractivity contribution in [2.75, 3.05) is 12.1 Å². The van der Waals surface area contributed by atoms with Crippen molar-refractivity contribution in [2.45, 2.75) is 13.5 Å². The van der Waals surface area contributed by atoms with E-state index in [1.165, 1.54) is 0 Å². The maximum Gasteiger partial charge on any atom is 0.254 e. The van der Waals surface area contributed by atoms with Crippen LogP contribution in [-0.2, 0) is 6.54 Å². The van der Waals surface area contributed by atoms with Gasteiger partial charge >= 0.3 is 0 Å². The van der Waals surface area contributed by atoms with Crippen LogP contribution in [-0.4, -0.2) is 26.4 Å². The number of anilines is 1. The van der Waals surface area contributed by atoms with Crippen LogP contribution >= 0.6 is 0 Å². The van der Waals surface area contributed by atoms with Gasteiger partial charge in [-0.2, -0.15) is 9.50 Å². The molecule has 1 aliphatic rings. The van der Waals surface area contributed by atoms with Gasteiger partial charge in [-0.25, -0.2) is 4.98 Å². The van der Waals surface area contributed by atoms with E-state index in [1.54, 1.807) is 16.8 Å². The number of ether oxygens (including phenoxy) is 2. The standard InChI is InChI=1S/C18H15N5O3/c1-11-7-16(19-9-12-4-5-13-15(8-12)26-10-25-13)23-18(20-11)21-17(22-23)14-3-2-6-24-14/h2-8,19H,9-10H2,1H3. The molecule has 0 amide bonds. The molecule has 5 rings (SSSR count). The van der Waals surface area contributed by atoms with Crippen LogP contribution < -0.4 is 14.8 Å². The van der Waals surface area contributed by atoms with Crippen LogP contribution in [0.1, 0.15) is 11.3 Å². The summed E-state index contributed by atoms with van der Waals surface area (Å²) in [6.45, 7) is 2.79. The molecular formula is C18H15N5O3. The Hall–Kier alpha value is -3.55. The zero-order chi connectivity index (χ0) is 17.5. The highest BCUT2D eigenvalue weighted by molar-refractivity contribution is 5.54. The van der Waals surface area contributed by atoms with E-state index < -0.39 is 0 Å². The average Bonchev–Trinajstić information content (AvgIpc) is 3.37. The largest absolute Gasteiger partial charge is 0.461 e. The second kappa shape index (κ2) is 5.76. The fraction of sp³-hybridized carbons (Fsp3) is 0.167. The van der Waals surface area contributed by atoms with Crippen LogP contribution in [0.5, 0.6) is 11.5 Å². The van der Waals surface area contributed by atoms with Crippen LogP contribution in [0.25, 0.3) is 17.4 Å². The first-order valence-electron chi connectivity index (χ1n) is 8.17. The predicted molar refractivity (Wildman–Crippen MR) is 93.1 cm³/mol. The van der Waals surface area contributed by atoms with Gasteiger partial charge in [-0.15, -0.1) is 5.10 Å². The zero-order valence-electron chi connectivity index (χ0n) is 14.0. The number of aryl methyl sites for hydroxylation is 1. The Morgan fingerprint density at radius 2 is 2.04 bits per heavy atom. The Morgan fingerprint density at radius 1 is 1.12 bits per heavy atom. The van der Waals surface area contributed by atoms with E-state index in [-0.39, 0.29) is 6.79 Å². The number of hydrogen-bond donors (Lipinski definition) is 1. The molecule has 0 aliphatic carbocycles. The molecule has 0 atom stereocenters. The quantitative estimate of drug-likeness (QED) is 0.606. The molecule has 4 heterocycles. The van der Waals surface area contributed by atoms with Crippen molar-refractivity contribution >= 4 is 11.6 Å². The smallest absolute Gasteiger partial charge is 0.254 e. The van der Waals surface area contributed by atoms with Gasteiger partial charge in [-0.1, -0.05) is 6.07 Å². The first-order valence-corrected chi connectivity index (χ1v) is 8.17. The lowest BCUT2D eigenvalue weighted by molar-refractivity contribution is 0.174. The molecule has 0 spiro atoms. The minimum absolute atomic E-state index is 0.269. The van der Waals surface area contributed by atoms with Gasteiger partial charge in [0.2, 0.25) is 12.6 Å². The average molecular weight is 349 g/mol. The molecule has 0 bridgehead atoms. The van der Waals surface area contributed by atoms with Gasteiger partial charge in [0.1, 0.15) is 5.82 Å². The Morgan fingerprint density at radius 3 is 2.92 bits per heavy atom. The third kappa shape index (κ3) is 2.52. The van der Waals surface area contributed by atoms with Crippen molar-refractivity contribution in [3.05, 3.63) is 53.9 Å². The molecule has 8 heteroatoms. The molecule has 1 N–H and O–H groups in total. The van der Waals surface area contributed by atoms with E-state index in [0.717, 1.165) is 28.6 Å². The van der Waals surface area contributed by atoms with E-state index in [0.29, 0.717) is 23.9 Å². The van der Waals surface area contributed by atoms with E-state index >= 15 is 0 Å². The predicted octanol–water partition coefficient (Wildman–Crippen LogP) is 3.03. The second-order valence-electron chi connectivity index (χ2n) is 5.95. The number of rotatable bonds is 4. The Bertz CT molecular complexity index is 1090. The Balaban J connectivity index is 1.46. The van der Waals surface area contributed by atoms with E-state index in [9.17, 15) is 0 Å². The SMILES string of the molecule is Cc1cc(NCc2ccc3c(c2)OCO3)n2nc(-c3ccco3)nc2n1. The topological polar surface area (TPSA) is 86.7 Å². The van der Waals surface area contributed by atoms with Crippen molar-refractivity contribution in [2.24, 2.45) is 0 Å². The van der Waals surface area contributed by atoms with Gasteiger partial charge in [0.15, 0.2) is 17.3 Å². The second-order valence-corrected chi connectivity index (χ2v) is 5.95. The van der Waals surface area contributed by atoms with Crippen LogP contribution in [0.3, 0.4) is 0 Å². The van der Waals surface area contributed by atoms with E-state index in [2.05, 4.69) is 20.4 Å². The van der Waals surface area contributed by atoms with Crippen LogP contribution in [0.2, 0.25) is 0 Å². The molecular weight excluding hydrogens is 334 g/mol. The summed E-state index contributed by atoms with van der Waals surface area (Å²) in [6.07, 6.45) is 1.60. The van der Waals surface area contributed by atoms with Gasteiger partial charge in [0, 0.05) is 18.3 Å². The molecule has 0 fully saturated rings. The van der Waals surface area contributed by atoms with Crippen molar-refractivity contribution in [3.8, 4) is 23.1 Å². The van der Waals surface area contributed by atoms with Crippen molar-refractivity contribution < 1.29 is 13.9 Å². The fourth-order valence-corrected chi connectivity index (χ4v) is 2.87. The minimum atomic E-state index is 0.269. The first kappa shape index (κ1) is 14.8. The summed E-state index contributed by atoms with van der Waals surface area (Å²) in [5.41, 5.74) is 1.92. The maximum atomic E-state index is 5.43. The number of furan rings is 1. The molecule has 4 aromatic rings. The normalized spacial score (nSPS) is 12.7. The highest BCUT2D eigenvalue weighted by atomic mass is 16.7. The van der Waals surface area contributed by atoms with Gasteiger partial charge in [0.25, 0.3) is 5.78 Å². The number of fused-ring (bicyclic) bond motifs is 2. The number of benzene rings is 1. The van der Waals surface area contributed by atoms with Crippen LogP contribution in [0, 0.1) is 6.92 Å². The summed E-state index contributed by atoms with van der Waals surface area (Å²) in [4.78, 5) is 8.89. The highest BCUT2D eigenvalue weighted by Crippen LogP contribution is 2.32. The summed E-state index contributed by atoms with van der Waals surface area (Å²) >= 11 is 0. The molecule has 1 aliphatic heterocycles. The summed E-state index contributed by atoms with van der Waals surface area (Å²) in [5.74, 6) is 3.96. The first-order chi connectivity index (χ1) is 12.8. The molecule has 3 aromatic heterocycles. The summed E-state index contributed by atoms with van der Waals surface area (Å²) in [7, 11) is 0. The molecule has 0 saturated carbocycles. The highest BCUT2D eigenvalue weighted by Gasteiger charge is 2.15. The lowest BCUT2D eigenvalue weighted by atomic mass is 10.2. The number of hydrogen-bond acceptors (Lipinski definition) is 7.